The van der Waals surface area contributed by atoms with Crippen molar-refractivity contribution in [2.75, 3.05) is 20.2 Å². The third kappa shape index (κ3) is 4.43. The van der Waals surface area contributed by atoms with Crippen molar-refractivity contribution in [3.05, 3.63) is 34.4 Å². The number of nitrogens with zero attached hydrogens (tertiary/aromatic N) is 1. The molecule has 0 amide bonds. The van der Waals surface area contributed by atoms with Crippen LogP contribution in [0.4, 0.5) is 0 Å². The van der Waals surface area contributed by atoms with Gasteiger partial charge in [0.25, 0.3) is 0 Å². The van der Waals surface area contributed by atoms with Crippen molar-refractivity contribution in [2.45, 2.75) is 52.3 Å². The third-order valence-corrected chi connectivity index (χ3v) is 4.60. The van der Waals surface area contributed by atoms with E-state index in [1.54, 1.807) is 0 Å². The number of nitrogens with two attached hydrogens (primary N) is 1. The predicted octanol–water partition coefficient (Wildman–Crippen LogP) is 2.97. The van der Waals surface area contributed by atoms with Crippen LogP contribution in [0.25, 0.3) is 0 Å². The molecule has 2 atom stereocenters. The predicted molar refractivity (Wildman–Crippen MR) is 91.2 cm³/mol. The number of ether oxygens (including phenoxy) is 1. The average Bonchev–Trinajstić information content (AvgIpc) is 2.42. The van der Waals surface area contributed by atoms with Gasteiger partial charge >= 0.3 is 0 Å². The van der Waals surface area contributed by atoms with E-state index >= 15 is 0 Å². The zero-order valence-electron chi connectivity index (χ0n) is 13.7. The molecule has 0 spiro atoms. The smallest absolute Gasteiger partial charge is 0.0599 e. The highest BCUT2D eigenvalue weighted by molar-refractivity contribution is 5.85. The second kappa shape index (κ2) is 8.14. The van der Waals surface area contributed by atoms with E-state index in [0.29, 0.717) is 18.7 Å². The summed E-state index contributed by atoms with van der Waals surface area (Å²) in [6, 6.07) is 5.00. The molecule has 1 aliphatic rings. The number of piperidine rings is 1. The van der Waals surface area contributed by atoms with Crippen molar-refractivity contribution < 1.29 is 4.74 Å². The summed E-state index contributed by atoms with van der Waals surface area (Å²) in [7, 11) is 1.81. The Labute approximate surface area is 135 Å². The van der Waals surface area contributed by atoms with Crippen LogP contribution in [0, 0.1) is 20.8 Å². The van der Waals surface area contributed by atoms with Crippen molar-refractivity contribution in [1.29, 1.82) is 0 Å². The number of halogens is 1. The van der Waals surface area contributed by atoms with Crippen LogP contribution < -0.4 is 5.73 Å². The molecule has 2 unspecified atom stereocenters. The summed E-state index contributed by atoms with van der Waals surface area (Å²) in [5, 5.41) is 0. The molecule has 0 radical (unpaired) electrons. The van der Waals surface area contributed by atoms with E-state index < -0.39 is 0 Å². The average molecular weight is 313 g/mol. The van der Waals surface area contributed by atoms with Crippen LogP contribution in [0.5, 0.6) is 0 Å². The number of benzene rings is 1. The largest absolute Gasteiger partial charge is 0.381 e. The molecule has 1 aromatic carbocycles. The van der Waals surface area contributed by atoms with E-state index in [1.165, 1.54) is 22.3 Å². The van der Waals surface area contributed by atoms with Gasteiger partial charge in [-0.15, -0.1) is 12.4 Å². The van der Waals surface area contributed by atoms with Gasteiger partial charge in [0.1, 0.15) is 0 Å². The highest BCUT2D eigenvalue weighted by atomic mass is 35.5. The third-order valence-electron chi connectivity index (χ3n) is 4.60. The molecule has 3 nitrogen and oxygen atoms in total. The van der Waals surface area contributed by atoms with Gasteiger partial charge in [0.05, 0.1) is 6.10 Å². The molecule has 4 heteroatoms. The van der Waals surface area contributed by atoms with Crippen LogP contribution in [0.15, 0.2) is 12.1 Å². The molecule has 0 aliphatic carbocycles. The molecule has 0 bridgehead atoms. The highest BCUT2D eigenvalue weighted by Gasteiger charge is 2.27. The Kier molecular flexibility index (Phi) is 7.14. The van der Waals surface area contributed by atoms with E-state index in [0.717, 1.165) is 25.9 Å². The number of hydrogen-bond donors (Lipinski definition) is 1. The fraction of sp³-hybridized carbons (Fsp3) is 0.647. The SMILES string of the molecule is COC1CCN(Cc2c(C)cc(C)cc2C)C(CN)C1.Cl. The van der Waals surface area contributed by atoms with Gasteiger partial charge in [-0.3, -0.25) is 4.90 Å². The maximum Gasteiger partial charge on any atom is 0.0599 e. The van der Waals surface area contributed by atoms with Crippen molar-refractivity contribution in [2.24, 2.45) is 5.73 Å². The summed E-state index contributed by atoms with van der Waals surface area (Å²) < 4.78 is 5.50. The lowest BCUT2D eigenvalue weighted by Crippen LogP contribution is -2.48. The van der Waals surface area contributed by atoms with Crippen molar-refractivity contribution in [3.8, 4) is 0 Å². The van der Waals surface area contributed by atoms with E-state index in [2.05, 4.69) is 37.8 Å². The summed E-state index contributed by atoms with van der Waals surface area (Å²) in [6.45, 7) is 9.40. The van der Waals surface area contributed by atoms with Crippen molar-refractivity contribution in [3.63, 3.8) is 0 Å². The Bertz CT molecular complexity index is 441. The minimum Gasteiger partial charge on any atom is -0.381 e. The fourth-order valence-electron chi connectivity index (χ4n) is 3.39. The first kappa shape index (κ1) is 18.4. The van der Waals surface area contributed by atoms with Gasteiger partial charge in [-0.2, -0.15) is 0 Å². The molecule has 1 aromatic rings. The Morgan fingerprint density at radius 3 is 2.38 bits per heavy atom. The van der Waals surface area contributed by atoms with Crippen LogP contribution in [0.3, 0.4) is 0 Å². The first-order valence-electron chi connectivity index (χ1n) is 7.58. The number of hydrogen-bond acceptors (Lipinski definition) is 3. The molecular formula is C17H29ClN2O. The van der Waals surface area contributed by atoms with Crippen LogP contribution in [-0.4, -0.2) is 37.2 Å². The van der Waals surface area contributed by atoms with Gasteiger partial charge in [0.15, 0.2) is 0 Å². The molecule has 2 rings (SSSR count). The maximum atomic E-state index is 5.97. The number of aryl methyl sites for hydroxylation is 3. The van der Waals surface area contributed by atoms with Gasteiger partial charge in [0.2, 0.25) is 0 Å². The molecule has 0 aromatic heterocycles. The Hall–Kier alpha value is -0.610. The first-order valence-corrected chi connectivity index (χ1v) is 7.58. The topological polar surface area (TPSA) is 38.5 Å². The minimum absolute atomic E-state index is 0. The fourth-order valence-corrected chi connectivity index (χ4v) is 3.39. The molecule has 2 N–H and O–H groups in total. The first-order chi connectivity index (χ1) is 9.55. The molecule has 1 heterocycles. The Morgan fingerprint density at radius 1 is 1.24 bits per heavy atom. The zero-order valence-corrected chi connectivity index (χ0v) is 14.5. The van der Waals surface area contributed by atoms with E-state index in [9.17, 15) is 0 Å². The van der Waals surface area contributed by atoms with Gasteiger partial charge in [-0.25, -0.2) is 0 Å². The van der Waals surface area contributed by atoms with Gasteiger partial charge in [0, 0.05) is 32.8 Å². The van der Waals surface area contributed by atoms with Gasteiger partial charge in [-0.05, 0) is 50.3 Å². The summed E-state index contributed by atoms with van der Waals surface area (Å²) >= 11 is 0. The minimum atomic E-state index is 0. The van der Waals surface area contributed by atoms with Crippen molar-refractivity contribution in [1.82, 2.24) is 4.90 Å². The molecule has 0 saturated carbocycles. The summed E-state index contributed by atoms with van der Waals surface area (Å²) in [5.41, 5.74) is 11.6. The summed E-state index contributed by atoms with van der Waals surface area (Å²) in [5.74, 6) is 0. The second-order valence-corrected chi connectivity index (χ2v) is 6.12. The quantitative estimate of drug-likeness (QED) is 0.929. The van der Waals surface area contributed by atoms with E-state index in [4.69, 9.17) is 10.5 Å². The maximum absolute atomic E-state index is 5.97. The van der Waals surface area contributed by atoms with Crippen LogP contribution in [0.2, 0.25) is 0 Å². The Morgan fingerprint density at radius 2 is 1.86 bits per heavy atom. The molecule has 120 valence electrons. The monoisotopic (exact) mass is 312 g/mol. The molecule has 1 saturated heterocycles. The Balaban J connectivity index is 0.00000220. The van der Waals surface area contributed by atoms with Crippen molar-refractivity contribution >= 4 is 12.4 Å². The summed E-state index contributed by atoms with van der Waals surface area (Å²) in [4.78, 5) is 2.53. The van der Waals surface area contributed by atoms with Gasteiger partial charge < -0.3 is 10.5 Å². The van der Waals surface area contributed by atoms with E-state index in [1.807, 2.05) is 7.11 Å². The second-order valence-electron chi connectivity index (χ2n) is 6.12. The number of likely N-dealkylation sites (tertiary alicyclic amines) is 1. The normalized spacial score (nSPS) is 22.9. The van der Waals surface area contributed by atoms with E-state index in [-0.39, 0.29) is 12.4 Å². The number of rotatable bonds is 4. The van der Waals surface area contributed by atoms with Gasteiger partial charge in [-0.1, -0.05) is 17.7 Å². The highest BCUT2D eigenvalue weighted by Crippen LogP contribution is 2.24. The van der Waals surface area contributed by atoms with Crippen LogP contribution >= 0.6 is 12.4 Å². The molecule has 1 aliphatic heterocycles. The lowest BCUT2D eigenvalue weighted by atomic mass is 9.95. The lowest BCUT2D eigenvalue weighted by molar-refractivity contribution is 0.0101. The van der Waals surface area contributed by atoms with Crippen LogP contribution in [-0.2, 0) is 11.3 Å². The number of methoxy groups -OCH3 is 1. The zero-order chi connectivity index (χ0) is 14.7. The summed E-state index contributed by atoms with van der Waals surface area (Å²) in [6.07, 6.45) is 2.54. The lowest BCUT2D eigenvalue weighted by Gasteiger charge is -2.39. The van der Waals surface area contributed by atoms with Crippen LogP contribution in [0.1, 0.15) is 35.1 Å². The molecular weight excluding hydrogens is 284 g/mol. The standard InChI is InChI=1S/C17H28N2O.ClH/c1-12-7-13(2)17(14(3)8-12)11-19-6-5-16(20-4)9-15(19)10-18;/h7-8,15-16H,5-6,9-11,18H2,1-4H3;1H. The molecule has 21 heavy (non-hydrogen) atoms. The molecule has 1 fully saturated rings.